The molecule has 2 aromatic rings. The number of nitrogens with zero attached hydrogens (tertiary/aromatic N) is 1. The zero-order valence-corrected chi connectivity index (χ0v) is 9.91. The van der Waals surface area contributed by atoms with Crippen molar-refractivity contribution in [2.45, 2.75) is 6.18 Å². The van der Waals surface area contributed by atoms with Crippen LogP contribution in [0.5, 0.6) is 0 Å². The smallest absolute Gasteiger partial charge is 0.397 e. The van der Waals surface area contributed by atoms with Crippen LogP contribution >= 0.6 is 0 Å². The molecule has 0 unspecified atom stereocenters. The van der Waals surface area contributed by atoms with Crippen LogP contribution in [0.1, 0.15) is 21.5 Å². The third-order valence-electron chi connectivity index (χ3n) is 2.64. The zero-order chi connectivity index (χ0) is 14.9. The molecule has 0 amide bonds. The Morgan fingerprint density at radius 2 is 1.90 bits per heavy atom. The van der Waals surface area contributed by atoms with Gasteiger partial charge in [-0.3, -0.25) is 9.78 Å². The average molecular weight is 284 g/mol. The highest BCUT2D eigenvalue weighted by molar-refractivity contribution is 6.13. The molecule has 1 heterocycles. The van der Waals surface area contributed by atoms with Crippen molar-refractivity contribution in [2.75, 3.05) is 5.73 Å². The molecule has 0 fully saturated rings. The standard InChI is InChI=1S/C13H8F4N2O/c14-9-3-1-2-8(13(15,16)17)11(9)12(20)7-4-5-19-6-10(7)18/h1-6H,18H2. The summed E-state index contributed by atoms with van der Waals surface area (Å²) in [6.07, 6.45) is -2.53. The number of alkyl halides is 3. The van der Waals surface area contributed by atoms with Crippen molar-refractivity contribution >= 4 is 11.5 Å². The first-order valence-corrected chi connectivity index (χ1v) is 5.42. The van der Waals surface area contributed by atoms with E-state index in [4.69, 9.17) is 5.73 Å². The second-order valence-electron chi connectivity index (χ2n) is 3.95. The van der Waals surface area contributed by atoms with E-state index < -0.39 is 28.9 Å². The first kappa shape index (κ1) is 14.0. The molecule has 0 aliphatic rings. The molecule has 2 N–H and O–H groups in total. The lowest BCUT2D eigenvalue weighted by Gasteiger charge is -2.13. The summed E-state index contributed by atoms with van der Waals surface area (Å²) in [4.78, 5) is 15.7. The molecule has 0 aliphatic heterocycles. The fourth-order valence-electron chi connectivity index (χ4n) is 1.74. The maximum atomic E-state index is 13.7. The van der Waals surface area contributed by atoms with Crippen LogP contribution in [0, 0.1) is 5.82 Å². The number of carbonyl (C=O) groups excluding carboxylic acids is 1. The number of nitrogen functional groups attached to an aromatic ring is 1. The van der Waals surface area contributed by atoms with Crippen molar-refractivity contribution in [2.24, 2.45) is 0 Å². The lowest BCUT2D eigenvalue weighted by Crippen LogP contribution is -2.16. The fourth-order valence-corrected chi connectivity index (χ4v) is 1.74. The third kappa shape index (κ3) is 2.47. The summed E-state index contributed by atoms with van der Waals surface area (Å²) in [5.74, 6) is -2.38. The lowest BCUT2D eigenvalue weighted by molar-refractivity contribution is -0.138. The number of ketones is 1. The monoisotopic (exact) mass is 284 g/mol. The first-order chi connectivity index (χ1) is 9.32. The summed E-state index contributed by atoms with van der Waals surface area (Å²) < 4.78 is 52.2. The number of halogens is 4. The second-order valence-corrected chi connectivity index (χ2v) is 3.95. The normalized spacial score (nSPS) is 11.4. The van der Waals surface area contributed by atoms with Gasteiger partial charge in [0.1, 0.15) is 5.82 Å². The van der Waals surface area contributed by atoms with Crippen LogP contribution in [0.25, 0.3) is 0 Å². The molecule has 0 saturated heterocycles. The molecule has 1 aromatic heterocycles. The highest BCUT2D eigenvalue weighted by atomic mass is 19.4. The molecule has 1 aromatic carbocycles. The molecular weight excluding hydrogens is 276 g/mol. The van der Waals surface area contributed by atoms with Gasteiger partial charge in [0, 0.05) is 11.8 Å². The van der Waals surface area contributed by atoms with E-state index in [0.29, 0.717) is 6.07 Å². The molecule has 20 heavy (non-hydrogen) atoms. The summed E-state index contributed by atoms with van der Waals surface area (Å²) in [6, 6.07) is 3.47. The number of carbonyl (C=O) groups is 1. The quantitative estimate of drug-likeness (QED) is 0.681. The topological polar surface area (TPSA) is 56.0 Å². The van der Waals surface area contributed by atoms with Gasteiger partial charge < -0.3 is 5.73 Å². The number of aromatic nitrogens is 1. The molecule has 0 radical (unpaired) electrons. The minimum absolute atomic E-state index is 0.117. The van der Waals surface area contributed by atoms with Gasteiger partial charge in [-0.2, -0.15) is 13.2 Å². The SMILES string of the molecule is Nc1cnccc1C(=O)c1c(F)cccc1C(F)(F)F. The number of nitrogens with two attached hydrogens (primary N) is 1. The maximum Gasteiger partial charge on any atom is 0.417 e. The molecule has 7 heteroatoms. The van der Waals surface area contributed by atoms with Crippen LogP contribution in [-0.4, -0.2) is 10.8 Å². The van der Waals surface area contributed by atoms with Gasteiger partial charge in [0.25, 0.3) is 0 Å². The lowest BCUT2D eigenvalue weighted by atomic mass is 9.97. The number of pyridine rings is 1. The van der Waals surface area contributed by atoms with Crippen molar-refractivity contribution in [1.82, 2.24) is 4.98 Å². The predicted molar refractivity (Wildman–Crippen MR) is 63.5 cm³/mol. The molecule has 0 atom stereocenters. The number of anilines is 1. The molecular formula is C13H8F4N2O. The Hall–Kier alpha value is -2.44. The van der Waals surface area contributed by atoms with Crippen molar-refractivity contribution in [3.8, 4) is 0 Å². The summed E-state index contributed by atoms with van der Waals surface area (Å²) in [5, 5.41) is 0. The minimum Gasteiger partial charge on any atom is -0.397 e. The summed E-state index contributed by atoms with van der Waals surface area (Å²) in [7, 11) is 0. The van der Waals surface area contributed by atoms with Gasteiger partial charge in [-0.25, -0.2) is 4.39 Å². The Labute approximate surface area is 111 Å². The van der Waals surface area contributed by atoms with Crippen molar-refractivity contribution < 1.29 is 22.4 Å². The Morgan fingerprint density at radius 1 is 1.20 bits per heavy atom. The number of hydrogen-bond acceptors (Lipinski definition) is 3. The van der Waals surface area contributed by atoms with E-state index in [2.05, 4.69) is 4.98 Å². The van der Waals surface area contributed by atoms with Crippen LogP contribution in [0.15, 0.2) is 36.7 Å². The number of hydrogen-bond donors (Lipinski definition) is 1. The van der Waals surface area contributed by atoms with Crippen molar-refractivity contribution in [3.05, 3.63) is 59.2 Å². The van der Waals surface area contributed by atoms with Crippen LogP contribution in [-0.2, 0) is 6.18 Å². The molecule has 0 spiro atoms. The largest absolute Gasteiger partial charge is 0.417 e. The summed E-state index contributed by atoms with van der Waals surface area (Å²) in [5.41, 5.74) is 2.76. The minimum atomic E-state index is -4.84. The maximum absolute atomic E-state index is 13.7. The van der Waals surface area contributed by atoms with Crippen LogP contribution in [0.4, 0.5) is 23.2 Å². The van der Waals surface area contributed by atoms with E-state index in [0.717, 1.165) is 24.4 Å². The molecule has 3 nitrogen and oxygen atoms in total. The van der Waals surface area contributed by atoms with Gasteiger partial charge in [0.15, 0.2) is 5.78 Å². The molecule has 104 valence electrons. The van der Waals surface area contributed by atoms with E-state index in [1.54, 1.807) is 0 Å². The van der Waals surface area contributed by atoms with Crippen LogP contribution < -0.4 is 5.73 Å². The molecule has 2 rings (SSSR count). The Bertz CT molecular complexity index is 668. The Balaban J connectivity index is 2.64. The van der Waals surface area contributed by atoms with Crippen LogP contribution in [0.3, 0.4) is 0 Å². The average Bonchev–Trinajstić information content (AvgIpc) is 2.37. The van der Waals surface area contributed by atoms with E-state index >= 15 is 0 Å². The van der Waals surface area contributed by atoms with Crippen LogP contribution in [0.2, 0.25) is 0 Å². The highest BCUT2D eigenvalue weighted by Gasteiger charge is 2.37. The van der Waals surface area contributed by atoms with Gasteiger partial charge >= 0.3 is 6.18 Å². The summed E-state index contributed by atoms with van der Waals surface area (Å²) in [6.45, 7) is 0. The predicted octanol–water partition coefficient (Wildman–Crippen LogP) is 3.05. The van der Waals surface area contributed by atoms with Gasteiger partial charge in [-0.05, 0) is 18.2 Å². The highest BCUT2D eigenvalue weighted by Crippen LogP contribution is 2.34. The van der Waals surface area contributed by atoms with Gasteiger partial charge in [-0.15, -0.1) is 0 Å². The summed E-state index contributed by atoms with van der Waals surface area (Å²) >= 11 is 0. The van der Waals surface area contributed by atoms with Gasteiger partial charge in [0.2, 0.25) is 0 Å². The first-order valence-electron chi connectivity index (χ1n) is 5.42. The molecule has 0 aliphatic carbocycles. The Kier molecular flexibility index (Phi) is 3.44. The van der Waals surface area contributed by atoms with E-state index in [-0.39, 0.29) is 11.3 Å². The van der Waals surface area contributed by atoms with E-state index in [1.165, 1.54) is 6.20 Å². The van der Waals surface area contributed by atoms with Gasteiger partial charge in [-0.1, -0.05) is 6.07 Å². The zero-order valence-electron chi connectivity index (χ0n) is 9.91. The second kappa shape index (κ2) is 4.92. The number of rotatable bonds is 2. The number of benzene rings is 1. The van der Waals surface area contributed by atoms with E-state index in [9.17, 15) is 22.4 Å². The van der Waals surface area contributed by atoms with Crippen molar-refractivity contribution in [1.29, 1.82) is 0 Å². The third-order valence-corrected chi connectivity index (χ3v) is 2.64. The van der Waals surface area contributed by atoms with Gasteiger partial charge in [0.05, 0.1) is 23.0 Å². The molecule has 0 bridgehead atoms. The van der Waals surface area contributed by atoms with Crippen molar-refractivity contribution in [3.63, 3.8) is 0 Å². The molecule has 0 saturated carbocycles. The Morgan fingerprint density at radius 3 is 2.50 bits per heavy atom. The fraction of sp³-hybridized carbons (Fsp3) is 0.0769. The van der Waals surface area contributed by atoms with E-state index in [1.807, 2.05) is 0 Å².